The number of halogens is 2. The van der Waals surface area contributed by atoms with Crippen molar-refractivity contribution in [1.29, 1.82) is 0 Å². The van der Waals surface area contributed by atoms with Gasteiger partial charge < -0.3 is 9.47 Å². The molecule has 1 aromatic rings. The lowest BCUT2D eigenvalue weighted by molar-refractivity contribution is 0.0596. The first-order valence-corrected chi connectivity index (χ1v) is 5.17. The maximum Gasteiger partial charge on any atom is 0.341 e. The quantitative estimate of drug-likeness (QED) is 0.608. The fourth-order valence-corrected chi connectivity index (χ4v) is 1.28. The molecule has 0 aromatic heterocycles. The SMILES string of the molecule is COC(=O)c1ccc(Cl)cc1OCCCl. The third-order valence-corrected chi connectivity index (χ3v) is 2.07. The molecule has 0 unspecified atom stereocenters. The van der Waals surface area contributed by atoms with Crippen molar-refractivity contribution in [3.8, 4) is 5.75 Å². The van der Waals surface area contributed by atoms with E-state index in [1.54, 1.807) is 18.2 Å². The first-order valence-electron chi connectivity index (χ1n) is 4.25. The van der Waals surface area contributed by atoms with Gasteiger partial charge in [0.15, 0.2) is 0 Å². The molecule has 1 rings (SSSR count). The summed E-state index contributed by atoms with van der Waals surface area (Å²) in [5.74, 6) is 0.263. The number of alkyl halides is 1. The lowest BCUT2D eigenvalue weighted by Gasteiger charge is -2.09. The van der Waals surface area contributed by atoms with Crippen LogP contribution in [0.5, 0.6) is 5.75 Å². The van der Waals surface area contributed by atoms with E-state index < -0.39 is 5.97 Å². The number of carbonyl (C=O) groups is 1. The smallest absolute Gasteiger partial charge is 0.341 e. The second-order valence-corrected chi connectivity index (χ2v) is 3.48. The van der Waals surface area contributed by atoms with Gasteiger partial charge >= 0.3 is 5.97 Å². The molecule has 0 aliphatic rings. The van der Waals surface area contributed by atoms with Crippen LogP contribution in [0.25, 0.3) is 0 Å². The highest BCUT2D eigenvalue weighted by atomic mass is 35.5. The molecule has 0 aliphatic carbocycles. The van der Waals surface area contributed by atoms with Gasteiger partial charge in [0, 0.05) is 5.02 Å². The largest absolute Gasteiger partial charge is 0.491 e. The Balaban J connectivity index is 2.97. The van der Waals surface area contributed by atoms with Crippen LogP contribution in [0.2, 0.25) is 5.02 Å². The van der Waals surface area contributed by atoms with Crippen LogP contribution in [-0.2, 0) is 4.74 Å². The first-order chi connectivity index (χ1) is 7.19. The van der Waals surface area contributed by atoms with Crippen LogP contribution in [0, 0.1) is 0 Å². The number of rotatable bonds is 4. The van der Waals surface area contributed by atoms with Crippen molar-refractivity contribution in [2.45, 2.75) is 0 Å². The van der Waals surface area contributed by atoms with E-state index in [2.05, 4.69) is 4.74 Å². The molecule has 5 heteroatoms. The van der Waals surface area contributed by atoms with E-state index in [1.807, 2.05) is 0 Å². The third-order valence-electron chi connectivity index (χ3n) is 1.68. The van der Waals surface area contributed by atoms with Gasteiger partial charge in [0.2, 0.25) is 0 Å². The molecule has 15 heavy (non-hydrogen) atoms. The Labute approximate surface area is 97.9 Å². The Hall–Kier alpha value is -0.930. The summed E-state index contributed by atoms with van der Waals surface area (Å²) in [4.78, 5) is 11.3. The number of hydrogen-bond donors (Lipinski definition) is 0. The number of ether oxygens (including phenoxy) is 2. The normalized spacial score (nSPS) is 9.80. The van der Waals surface area contributed by atoms with Gasteiger partial charge in [-0.1, -0.05) is 11.6 Å². The van der Waals surface area contributed by atoms with Crippen LogP contribution in [0.4, 0.5) is 0 Å². The molecule has 0 bridgehead atoms. The molecule has 0 heterocycles. The fraction of sp³-hybridized carbons (Fsp3) is 0.300. The Morgan fingerprint density at radius 2 is 2.20 bits per heavy atom. The molecule has 3 nitrogen and oxygen atoms in total. The van der Waals surface area contributed by atoms with Gasteiger partial charge in [0.25, 0.3) is 0 Å². The summed E-state index contributed by atoms with van der Waals surface area (Å²) < 4.78 is 9.87. The highest BCUT2D eigenvalue weighted by Crippen LogP contribution is 2.24. The third kappa shape index (κ3) is 3.29. The Morgan fingerprint density at radius 1 is 1.47 bits per heavy atom. The summed E-state index contributed by atoms with van der Waals surface area (Å²) in [5.41, 5.74) is 0.340. The monoisotopic (exact) mass is 248 g/mol. The first kappa shape index (κ1) is 12.1. The molecule has 0 N–H and O–H groups in total. The van der Waals surface area contributed by atoms with Crippen LogP contribution in [0.3, 0.4) is 0 Å². The Kier molecular flexibility index (Phi) is 4.72. The molecule has 0 saturated heterocycles. The van der Waals surface area contributed by atoms with Gasteiger partial charge in [-0.15, -0.1) is 11.6 Å². The molecule has 0 spiro atoms. The summed E-state index contributed by atoms with van der Waals surface area (Å²) in [7, 11) is 1.31. The number of methoxy groups -OCH3 is 1. The lowest BCUT2D eigenvalue weighted by atomic mass is 10.2. The van der Waals surface area contributed by atoms with Crippen molar-refractivity contribution < 1.29 is 14.3 Å². The zero-order chi connectivity index (χ0) is 11.3. The van der Waals surface area contributed by atoms with Crippen LogP contribution >= 0.6 is 23.2 Å². The topological polar surface area (TPSA) is 35.5 Å². The standard InChI is InChI=1S/C10H10Cl2O3/c1-14-10(13)8-3-2-7(12)6-9(8)15-5-4-11/h2-3,6H,4-5H2,1H3. The van der Waals surface area contributed by atoms with E-state index in [0.29, 0.717) is 28.8 Å². The van der Waals surface area contributed by atoms with E-state index in [-0.39, 0.29) is 0 Å². The predicted molar refractivity (Wildman–Crippen MR) is 59.0 cm³/mol. The van der Waals surface area contributed by atoms with Gasteiger partial charge in [-0.25, -0.2) is 4.79 Å². The summed E-state index contributed by atoms with van der Waals surface area (Å²) in [6.07, 6.45) is 0. The molecule has 0 saturated carbocycles. The van der Waals surface area contributed by atoms with E-state index in [1.165, 1.54) is 7.11 Å². The summed E-state index contributed by atoms with van der Waals surface area (Å²) in [6.45, 7) is 0.311. The summed E-state index contributed by atoms with van der Waals surface area (Å²) >= 11 is 11.3. The zero-order valence-electron chi connectivity index (χ0n) is 8.13. The van der Waals surface area contributed by atoms with Crippen LogP contribution < -0.4 is 4.74 Å². The molecule has 0 aliphatic heterocycles. The predicted octanol–water partition coefficient (Wildman–Crippen LogP) is 2.74. The fourth-order valence-electron chi connectivity index (χ4n) is 1.04. The maximum absolute atomic E-state index is 11.3. The number of benzene rings is 1. The van der Waals surface area contributed by atoms with Gasteiger partial charge in [-0.05, 0) is 18.2 Å². The maximum atomic E-state index is 11.3. The molecular weight excluding hydrogens is 239 g/mol. The van der Waals surface area contributed by atoms with E-state index in [4.69, 9.17) is 27.9 Å². The Morgan fingerprint density at radius 3 is 2.80 bits per heavy atom. The minimum absolute atomic E-state index is 0.311. The minimum atomic E-state index is -0.462. The molecule has 82 valence electrons. The number of hydrogen-bond acceptors (Lipinski definition) is 3. The molecule has 0 radical (unpaired) electrons. The molecular formula is C10H10Cl2O3. The average molecular weight is 249 g/mol. The van der Waals surface area contributed by atoms with Crippen molar-refractivity contribution in [1.82, 2.24) is 0 Å². The number of carbonyl (C=O) groups excluding carboxylic acids is 1. The second-order valence-electron chi connectivity index (χ2n) is 2.67. The van der Waals surface area contributed by atoms with E-state index >= 15 is 0 Å². The number of esters is 1. The van der Waals surface area contributed by atoms with Crippen molar-refractivity contribution in [2.75, 3.05) is 19.6 Å². The van der Waals surface area contributed by atoms with Crippen molar-refractivity contribution in [2.24, 2.45) is 0 Å². The average Bonchev–Trinajstić information content (AvgIpc) is 2.25. The van der Waals surface area contributed by atoms with Gasteiger partial charge in [0.05, 0.1) is 13.0 Å². The molecule has 0 atom stereocenters. The highest BCUT2D eigenvalue weighted by molar-refractivity contribution is 6.30. The van der Waals surface area contributed by atoms with Gasteiger partial charge in [-0.3, -0.25) is 0 Å². The van der Waals surface area contributed by atoms with Crippen molar-refractivity contribution >= 4 is 29.2 Å². The molecule has 0 fully saturated rings. The van der Waals surface area contributed by atoms with Crippen LogP contribution in [0.1, 0.15) is 10.4 Å². The Bertz CT molecular complexity index is 353. The second kappa shape index (κ2) is 5.83. The lowest BCUT2D eigenvalue weighted by Crippen LogP contribution is -2.07. The highest BCUT2D eigenvalue weighted by Gasteiger charge is 2.13. The van der Waals surface area contributed by atoms with Gasteiger partial charge in [-0.2, -0.15) is 0 Å². The van der Waals surface area contributed by atoms with Crippen molar-refractivity contribution in [3.63, 3.8) is 0 Å². The van der Waals surface area contributed by atoms with Crippen LogP contribution in [-0.4, -0.2) is 25.6 Å². The molecule has 0 amide bonds. The van der Waals surface area contributed by atoms with Crippen LogP contribution in [0.15, 0.2) is 18.2 Å². The van der Waals surface area contributed by atoms with Gasteiger partial charge in [0.1, 0.15) is 17.9 Å². The van der Waals surface area contributed by atoms with E-state index in [0.717, 1.165) is 0 Å². The zero-order valence-corrected chi connectivity index (χ0v) is 9.64. The van der Waals surface area contributed by atoms with Crippen molar-refractivity contribution in [3.05, 3.63) is 28.8 Å². The summed E-state index contributed by atoms with van der Waals surface area (Å²) in [6, 6.07) is 4.71. The van der Waals surface area contributed by atoms with E-state index in [9.17, 15) is 4.79 Å². The summed E-state index contributed by atoms with van der Waals surface area (Å²) in [5, 5.41) is 0.493. The molecule has 1 aromatic carbocycles. The minimum Gasteiger partial charge on any atom is -0.491 e.